The average Bonchev–Trinajstić information content (AvgIpc) is 3.08. The second-order valence-electron chi connectivity index (χ2n) is 7.07. The fourth-order valence-corrected chi connectivity index (χ4v) is 3.82. The van der Waals surface area contributed by atoms with Crippen LogP contribution >= 0.6 is 11.8 Å². The Morgan fingerprint density at radius 1 is 1.29 bits per heavy atom. The average molecular weight is 400 g/mol. The van der Waals surface area contributed by atoms with E-state index >= 15 is 0 Å². The summed E-state index contributed by atoms with van der Waals surface area (Å²) in [6.45, 7) is 10.8. The molecule has 1 aromatic carbocycles. The van der Waals surface area contributed by atoms with Crippen molar-refractivity contribution in [3.8, 4) is 0 Å². The summed E-state index contributed by atoms with van der Waals surface area (Å²) in [5, 5.41) is 12.3. The lowest BCUT2D eigenvalue weighted by atomic mass is 10.1. The Morgan fingerprint density at radius 3 is 2.75 bits per heavy atom. The molecule has 1 N–H and O–H groups in total. The summed E-state index contributed by atoms with van der Waals surface area (Å²) in [6, 6.07) is 7.35. The van der Waals surface area contributed by atoms with Crippen molar-refractivity contribution >= 4 is 34.3 Å². The van der Waals surface area contributed by atoms with E-state index in [1.54, 1.807) is 16.7 Å². The maximum atomic E-state index is 12.8. The highest BCUT2D eigenvalue weighted by Gasteiger charge is 2.21. The van der Waals surface area contributed by atoms with E-state index in [4.69, 9.17) is 0 Å². The third-order valence-corrected chi connectivity index (χ3v) is 5.50. The fourth-order valence-electron chi connectivity index (χ4n) is 2.94. The Hall–Kier alpha value is -2.61. The third kappa shape index (κ3) is 3.96. The predicted molar refractivity (Wildman–Crippen MR) is 113 cm³/mol. The number of hydrogen-bond donors (Lipinski definition) is 1. The first-order chi connectivity index (χ1) is 13.4. The molecule has 0 aliphatic carbocycles. The van der Waals surface area contributed by atoms with Gasteiger partial charge in [0.2, 0.25) is 11.7 Å². The number of aromatic nitrogens is 4. The van der Waals surface area contributed by atoms with E-state index < -0.39 is 0 Å². The molecule has 0 aliphatic heterocycles. The van der Waals surface area contributed by atoms with Crippen LogP contribution in [-0.4, -0.2) is 36.9 Å². The summed E-state index contributed by atoms with van der Waals surface area (Å²) in [7, 11) is 0. The second-order valence-corrected chi connectivity index (χ2v) is 8.38. The number of benzene rings is 1. The van der Waals surface area contributed by atoms with Gasteiger partial charge in [0.25, 0.3) is 5.56 Å². The van der Waals surface area contributed by atoms with Gasteiger partial charge in [-0.15, -0.1) is 16.8 Å². The number of fused-ring (bicyclic) bond motifs is 3. The van der Waals surface area contributed by atoms with Gasteiger partial charge in [-0.1, -0.05) is 43.8 Å². The fraction of sp³-hybridized carbons (Fsp3) is 0.400. The minimum Gasteiger partial charge on any atom is -0.355 e. The van der Waals surface area contributed by atoms with Crippen molar-refractivity contribution in [1.82, 2.24) is 24.5 Å². The Bertz CT molecular complexity index is 1070. The molecule has 0 fully saturated rings. The second kappa shape index (κ2) is 8.60. The van der Waals surface area contributed by atoms with Gasteiger partial charge in [0, 0.05) is 13.1 Å². The van der Waals surface area contributed by atoms with E-state index in [0.717, 1.165) is 11.9 Å². The van der Waals surface area contributed by atoms with E-state index in [1.807, 2.05) is 29.5 Å². The maximum Gasteiger partial charge on any atom is 0.263 e. The summed E-state index contributed by atoms with van der Waals surface area (Å²) in [4.78, 5) is 25.2. The van der Waals surface area contributed by atoms with Crippen LogP contribution in [0.4, 0.5) is 0 Å². The Morgan fingerprint density at radius 2 is 2.04 bits per heavy atom. The van der Waals surface area contributed by atoms with Crippen LogP contribution in [0.1, 0.15) is 27.2 Å². The first-order valence-electron chi connectivity index (χ1n) is 9.36. The Balaban J connectivity index is 1.98. The highest BCUT2D eigenvalue weighted by molar-refractivity contribution is 8.00. The van der Waals surface area contributed by atoms with Crippen molar-refractivity contribution < 1.29 is 4.79 Å². The first-order valence-corrected chi connectivity index (χ1v) is 10.2. The van der Waals surface area contributed by atoms with E-state index in [2.05, 4.69) is 35.9 Å². The topological polar surface area (TPSA) is 81.3 Å². The zero-order valence-electron chi connectivity index (χ0n) is 16.4. The van der Waals surface area contributed by atoms with E-state index in [9.17, 15) is 9.59 Å². The number of nitrogens with zero attached hydrogens (tertiary/aromatic N) is 4. The van der Waals surface area contributed by atoms with E-state index in [-0.39, 0.29) is 16.7 Å². The molecule has 1 atom stereocenters. The molecule has 0 saturated heterocycles. The van der Waals surface area contributed by atoms with E-state index in [0.29, 0.717) is 35.3 Å². The minimum atomic E-state index is -0.335. The van der Waals surface area contributed by atoms with Gasteiger partial charge in [0.15, 0.2) is 5.16 Å². The van der Waals surface area contributed by atoms with Crippen LogP contribution in [-0.2, 0) is 11.3 Å². The monoisotopic (exact) mass is 399 g/mol. The highest BCUT2D eigenvalue weighted by Crippen LogP contribution is 2.25. The molecule has 3 rings (SSSR count). The third-order valence-electron chi connectivity index (χ3n) is 4.46. The minimum absolute atomic E-state index is 0.0360. The molecule has 148 valence electrons. The molecule has 1 amide bonds. The van der Waals surface area contributed by atoms with Gasteiger partial charge in [-0.3, -0.25) is 18.6 Å². The van der Waals surface area contributed by atoms with Gasteiger partial charge < -0.3 is 5.32 Å². The zero-order chi connectivity index (χ0) is 20.3. The molecule has 0 aliphatic rings. The SMILES string of the molecule is C=CCn1c(=O)c2ccccc2n2c(SC(C)C(=O)NCCC(C)C)nnc12. The molecule has 3 aromatic rings. The lowest BCUT2D eigenvalue weighted by Gasteiger charge is -2.13. The van der Waals surface area contributed by atoms with Crippen LogP contribution in [0.15, 0.2) is 46.9 Å². The van der Waals surface area contributed by atoms with Crippen LogP contribution in [0.3, 0.4) is 0 Å². The molecule has 1 unspecified atom stereocenters. The van der Waals surface area contributed by atoms with Gasteiger partial charge in [-0.05, 0) is 31.4 Å². The van der Waals surface area contributed by atoms with Gasteiger partial charge in [-0.25, -0.2) is 0 Å². The lowest BCUT2D eigenvalue weighted by molar-refractivity contribution is -0.120. The molecule has 0 spiro atoms. The smallest absolute Gasteiger partial charge is 0.263 e. The summed E-state index contributed by atoms with van der Waals surface area (Å²) >= 11 is 1.33. The van der Waals surface area contributed by atoms with Crippen LogP contribution in [0.25, 0.3) is 16.7 Å². The zero-order valence-corrected chi connectivity index (χ0v) is 17.2. The number of nitrogens with one attached hydrogen (secondary N) is 1. The summed E-state index contributed by atoms with van der Waals surface area (Å²) < 4.78 is 3.38. The normalized spacial score (nSPS) is 12.6. The molecular formula is C20H25N5O2S. The van der Waals surface area contributed by atoms with Crippen molar-refractivity contribution in [2.24, 2.45) is 5.92 Å². The molecule has 8 heteroatoms. The number of carbonyl (C=O) groups excluding carboxylic acids is 1. The van der Waals surface area contributed by atoms with Gasteiger partial charge >= 0.3 is 0 Å². The number of para-hydroxylation sites is 1. The molecule has 28 heavy (non-hydrogen) atoms. The highest BCUT2D eigenvalue weighted by atomic mass is 32.2. The Labute approximate surface area is 167 Å². The molecule has 0 radical (unpaired) electrons. The van der Waals surface area contributed by atoms with Crippen LogP contribution in [0.2, 0.25) is 0 Å². The number of amides is 1. The van der Waals surface area contributed by atoms with Gasteiger partial charge in [0.05, 0.1) is 16.2 Å². The van der Waals surface area contributed by atoms with Crippen LogP contribution in [0, 0.1) is 5.92 Å². The number of hydrogen-bond acceptors (Lipinski definition) is 5. The van der Waals surface area contributed by atoms with Crippen molar-refractivity contribution in [3.05, 3.63) is 47.3 Å². The van der Waals surface area contributed by atoms with Crippen LogP contribution < -0.4 is 10.9 Å². The number of carbonyl (C=O) groups is 1. The lowest BCUT2D eigenvalue weighted by Crippen LogP contribution is -2.32. The maximum absolute atomic E-state index is 12.8. The molecule has 0 saturated carbocycles. The first kappa shape index (κ1) is 20.1. The number of rotatable bonds is 8. The number of allylic oxidation sites excluding steroid dienone is 1. The van der Waals surface area contributed by atoms with Crippen molar-refractivity contribution in [1.29, 1.82) is 0 Å². The Kier molecular flexibility index (Phi) is 6.18. The quantitative estimate of drug-likeness (QED) is 0.465. The van der Waals surface area contributed by atoms with Gasteiger partial charge in [-0.2, -0.15) is 0 Å². The van der Waals surface area contributed by atoms with Crippen LogP contribution in [0.5, 0.6) is 0 Å². The molecule has 0 bridgehead atoms. The summed E-state index contributed by atoms with van der Waals surface area (Å²) in [6.07, 6.45) is 2.60. The largest absolute Gasteiger partial charge is 0.355 e. The van der Waals surface area contributed by atoms with Crippen molar-refractivity contribution in [3.63, 3.8) is 0 Å². The summed E-state index contributed by atoms with van der Waals surface area (Å²) in [5.74, 6) is 0.946. The van der Waals surface area contributed by atoms with Crippen molar-refractivity contribution in [2.45, 2.75) is 44.1 Å². The standard InChI is InChI=1S/C20H25N5O2S/c1-5-12-24-18(27)15-8-6-7-9-16(15)25-19(24)22-23-20(25)28-14(4)17(26)21-11-10-13(2)3/h5-9,13-14H,1,10-12H2,2-4H3,(H,21,26). The van der Waals surface area contributed by atoms with Gasteiger partial charge in [0.1, 0.15) is 0 Å². The summed E-state index contributed by atoms with van der Waals surface area (Å²) in [5.41, 5.74) is 0.592. The predicted octanol–water partition coefficient (Wildman–Crippen LogP) is 2.87. The molecule has 7 nitrogen and oxygen atoms in total. The number of thioether (sulfide) groups is 1. The molecular weight excluding hydrogens is 374 g/mol. The molecule has 2 aromatic heterocycles. The van der Waals surface area contributed by atoms with Crippen molar-refractivity contribution in [2.75, 3.05) is 6.54 Å². The van der Waals surface area contributed by atoms with E-state index in [1.165, 1.54) is 11.8 Å². The molecule has 2 heterocycles.